The largest absolute Gasteiger partial charge is 0.399 e. The minimum absolute atomic E-state index is 0.627. The Morgan fingerprint density at radius 1 is 1.05 bits per heavy atom. The van der Waals surface area contributed by atoms with Crippen LogP contribution >= 0.6 is 31.9 Å². The van der Waals surface area contributed by atoms with Crippen molar-refractivity contribution < 1.29 is 0 Å². The predicted molar refractivity (Wildman–Crippen MR) is 84.4 cm³/mol. The van der Waals surface area contributed by atoms with Gasteiger partial charge in [0.25, 0.3) is 0 Å². The average molecular weight is 395 g/mol. The van der Waals surface area contributed by atoms with Crippen molar-refractivity contribution in [2.24, 2.45) is 0 Å². The molecule has 7 heteroatoms. The van der Waals surface area contributed by atoms with E-state index in [-0.39, 0.29) is 0 Å². The van der Waals surface area contributed by atoms with E-state index in [4.69, 9.17) is 5.73 Å². The van der Waals surface area contributed by atoms with Gasteiger partial charge in [0.15, 0.2) is 5.82 Å². The number of anilines is 1. The van der Waals surface area contributed by atoms with Gasteiger partial charge in [0.1, 0.15) is 0 Å². The molecule has 20 heavy (non-hydrogen) atoms. The van der Waals surface area contributed by atoms with Crippen LogP contribution in [-0.4, -0.2) is 20.2 Å². The zero-order chi connectivity index (χ0) is 14.1. The number of nitrogen functional groups attached to an aromatic ring is 1. The van der Waals surface area contributed by atoms with Gasteiger partial charge in [-0.15, -0.1) is 5.10 Å². The predicted octanol–water partition coefficient (Wildman–Crippen LogP) is 3.44. The van der Waals surface area contributed by atoms with Gasteiger partial charge in [0.05, 0.1) is 5.69 Å². The lowest BCUT2D eigenvalue weighted by Gasteiger charge is -2.07. The molecule has 0 amide bonds. The Kier molecular flexibility index (Phi) is 3.54. The molecule has 1 aromatic heterocycles. The monoisotopic (exact) mass is 393 g/mol. The zero-order valence-corrected chi connectivity index (χ0v) is 13.3. The summed E-state index contributed by atoms with van der Waals surface area (Å²) >= 11 is 6.94. The van der Waals surface area contributed by atoms with Crippen LogP contribution in [0.4, 0.5) is 5.69 Å². The maximum Gasteiger partial charge on any atom is 0.188 e. The summed E-state index contributed by atoms with van der Waals surface area (Å²) in [4.78, 5) is 0. The van der Waals surface area contributed by atoms with Crippen LogP contribution in [0.15, 0.2) is 51.4 Å². The van der Waals surface area contributed by atoms with Crippen LogP contribution in [0, 0.1) is 0 Å². The number of rotatable bonds is 2. The van der Waals surface area contributed by atoms with E-state index in [9.17, 15) is 0 Å². The summed E-state index contributed by atoms with van der Waals surface area (Å²) in [5.74, 6) is 0.627. The topological polar surface area (TPSA) is 69.6 Å². The summed E-state index contributed by atoms with van der Waals surface area (Å²) in [7, 11) is 0. The van der Waals surface area contributed by atoms with E-state index in [2.05, 4.69) is 47.4 Å². The smallest absolute Gasteiger partial charge is 0.188 e. The highest BCUT2D eigenvalue weighted by Gasteiger charge is 2.14. The quantitative estimate of drug-likeness (QED) is 0.676. The summed E-state index contributed by atoms with van der Waals surface area (Å²) in [6.45, 7) is 0. The third-order valence-corrected chi connectivity index (χ3v) is 3.94. The molecule has 0 saturated carbocycles. The van der Waals surface area contributed by atoms with Crippen LogP contribution in [0.1, 0.15) is 0 Å². The minimum atomic E-state index is 0.627. The number of nitrogens with zero attached hydrogens (tertiary/aromatic N) is 4. The summed E-state index contributed by atoms with van der Waals surface area (Å²) in [5.41, 5.74) is 8.21. The van der Waals surface area contributed by atoms with Crippen molar-refractivity contribution in [3.05, 3.63) is 51.4 Å². The number of nitrogens with two attached hydrogens (primary N) is 1. The van der Waals surface area contributed by atoms with Gasteiger partial charge in [-0.2, -0.15) is 4.68 Å². The van der Waals surface area contributed by atoms with Crippen molar-refractivity contribution in [2.75, 3.05) is 5.73 Å². The lowest BCUT2D eigenvalue weighted by molar-refractivity contribution is 0.791. The highest BCUT2D eigenvalue weighted by molar-refractivity contribution is 9.10. The first-order chi connectivity index (χ1) is 9.65. The number of halogens is 2. The minimum Gasteiger partial charge on any atom is -0.399 e. The molecule has 0 radical (unpaired) electrons. The summed E-state index contributed by atoms with van der Waals surface area (Å²) < 4.78 is 3.52. The molecule has 0 unspecified atom stereocenters. The number of benzene rings is 2. The lowest BCUT2D eigenvalue weighted by atomic mass is 10.2. The first-order valence-electron chi connectivity index (χ1n) is 5.75. The van der Waals surface area contributed by atoms with E-state index in [0.29, 0.717) is 11.5 Å². The SMILES string of the molecule is Nc1ccc(Br)c(-c2nnnn2-c2cccc(Br)c2)c1. The third kappa shape index (κ3) is 2.46. The van der Waals surface area contributed by atoms with Crippen molar-refractivity contribution >= 4 is 37.5 Å². The number of tetrazole rings is 1. The first kappa shape index (κ1) is 13.3. The molecule has 2 aromatic carbocycles. The Labute approximate surface area is 132 Å². The van der Waals surface area contributed by atoms with E-state index >= 15 is 0 Å². The van der Waals surface area contributed by atoms with Crippen LogP contribution in [-0.2, 0) is 0 Å². The van der Waals surface area contributed by atoms with Crippen molar-refractivity contribution in [1.82, 2.24) is 20.2 Å². The van der Waals surface area contributed by atoms with Crippen molar-refractivity contribution in [2.45, 2.75) is 0 Å². The van der Waals surface area contributed by atoms with Gasteiger partial charge in [-0.05, 0) is 46.8 Å². The molecule has 3 aromatic rings. The second-order valence-electron chi connectivity index (χ2n) is 4.13. The molecular formula is C13H9Br2N5. The van der Waals surface area contributed by atoms with Crippen LogP contribution in [0.25, 0.3) is 17.1 Å². The summed E-state index contributed by atoms with van der Waals surface area (Å²) in [6, 6.07) is 13.3. The van der Waals surface area contributed by atoms with Gasteiger partial charge < -0.3 is 5.73 Å². The second kappa shape index (κ2) is 5.34. The molecule has 0 spiro atoms. The normalized spacial score (nSPS) is 10.7. The van der Waals surface area contributed by atoms with Gasteiger partial charge in [-0.1, -0.05) is 37.9 Å². The van der Waals surface area contributed by atoms with Crippen LogP contribution in [0.5, 0.6) is 0 Å². The molecule has 0 aliphatic carbocycles. The Balaban J connectivity index is 2.18. The van der Waals surface area contributed by atoms with E-state index in [1.807, 2.05) is 42.5 Å². The number of aromatic nitrogens is 4. The summed E-state index contributed by atoms with van der Waals surface area (Å²) in [6.07, 6.45) is 0. The fraction of sp³-hybridized carbons (Fsp3) is 0. The fourth-order valence-electron chi connectivity index (χ4n) is 1.85. The van der Waals surface area contributed by atoms with Gasteiger partial charge in [-0.25, -0.2) is 0 Å². The van der Waals surface area contributed by atoms with Crippen LogP contribution in [0.3, 0.4) is 0 Å². The maximum absolute atomic E-state index is 5.84. The molecule has 0 aliphatic rings. The van der Waals surface area contributed by atoms with E-state index in [0.717, 1.165) is 20.2 Å². The Hall–Kier alpha value is -1.73. The molecule has 1 heterocycles. The van der Waals surface area contributed by atoms with E-state index in [1.165, 1.54) is 0 Å². The van der Waals surface area contributed by atoms with Crippen molar-refractivity contribution in [3.8, 4) is 17.1 Å². The lowest BCUT2D eigenvalue weighted by Crippen LogP contribution is -2.00. The third-order valence-electron chi connectivity index (χ3n) is 2.75. The van der Waals surface area contributed by atoms with E-state index in [1.54, 1.807) is 4.68 Å². The molecule has 0 atom stereocenters. The molecule has 100 valence electrons. The zero-order valence-electron chi connectivity index (χ0n) is 10.2. The Morgan fingerprint density at radius 3 is 2.70 bits per heavy atom. The second-order valence-corrected chi connectivity index (χ2v) is 5.90. The first-order valence-corrected chi connectivity index (χ1v) is 7.33. The molecule has 3 rings (SSSR count). The molecule has 0 aliphatic heterocycles. The maximum atomic E-state index is 5.84. The standard InChI is InChI=1S/C13H9Br2N5/c14-8-2-1-3-10(6-8)20-13(17-18-19-20)11-7-9(16)4-5-12(11)15/h1-7H,16H2. The van der Waals surface area contributed by atoms with Crippen LogP contribution in [0.2, 0.25) is 0 Å². The van der Waals surface area contributed by atoms with Gasteiger partial charge in [0, 0.05) is 20.2 Å². The summed E-state index contributed by atoms with van der Waals surface area (Å²) in [5, 5.41) is 11.9. The highest BCUT2D eigenvalue weighted by Crippen LogP contribution is 2.29. The Bertz CT molecular complexity index is 769. The van der Waals surface area contributed by atoms with Crippen molar-refractivity contribution in [3.63, 3.8) is 0 Å². The Morgan fingerprint density at radius 2 is 1.90 bits per heavy atom. The fourth-order valence-corrected chi connectivity index (χ4v) is 2.66. The molecule has 0 saturated heterocycles. The van der Waals surface area contributed by atoms with Gasteiger partial charge in [-0.3, -0.25) is 0 Å². The molecule has 2 N–H and O–H groups in total. The van der Waals surface area contributed by atoms with Crippen LogP contribution < -0.4 is 5.73 Å². The molecule has 5 nitrogen and oxygen atoms in total. The molecule has 0 fully saturated rings. The van der Waals surface area contributed by atoms with E-state index < -0.39 is 0 Å². The van der Waals surface area contributed by atoms with Crippen molar-refractivity contribution in [1.29, 1.82) is 0 Å². The molecule has 0 bridgehead atoms. The molecular weight excluding hydrogens is 386 g/mol. The van der Waals surface area contributed by atoms with Gasteiger partial charge >= 0.3 is 0 Å². The average Bonchev–Trinajstić information content (AvgIpc) is 2.90. The number of hydrogen-bond acceptors (Lipinski definition) is 4. The number of hydrogen-bond donors (Lipinski definition) is 1. The van der Waals surface area contributed by atoms with Gasteiger partial charge in [0.2, 0.25) is 0 Å². The highest BCUT2D eigenvalue weighted by atomic mass is 79.9.